The van der Waals surface area contributed by atoms with Gasteiger partial charge in [-0.25, -0.2) is 0 Å². The molecule has 0 aromatic heterocycles. The number of anilines is 1. The number of non-ortho nitro benzene ring substituents is 1. The average molecular weight is 291 g/mol. The Morgan fingerprint density at radius 2 is 2.19 bits per heavy atom. The monoisotopic (exact) mass is 291 g/mol. The van der Waals surface area contributed by atoms with Gasteiger partial charge >= 0.3 is 0 Å². The summed E-state index contributed by atoms with van der Waals surface area (Å²) in [5.74, 6) is 0.792. The zero-order valence-corrected chi connectivity index (χ0v) is 13.1. The molecule has 1 aliphatic carbocycles. The molecule has 1 fully saturated rings. The summed E-state index contributed by atoms with van der Waals surface area (Å²) in [5.41, 5.74) is 2.18. The van der Waals surface area contributed by atoms with Crippen molar-refractivity contribution >= 4 is 11.4 Å². The van der Waals surface area contributed by atoms with Crippen molar-refractivity contribution in [3.63, 3.8) is 0 Å². The van der Waals surface area contributed by atoms with Crippen LogP contribution in [0.5, 0.6) is 0 Å². The van der Waals surface area contributed by atoms with Crippen LogP contribution in [-0.2, 0) is 6.54 Å². The van der Waals surface area contributed by atoms with Crippen LogP contribution in [0.15, 0.2) is 18.2 Å². The summed E-state index contributed by atoms with van der Waals surface area (Å²) in [7, 11) is 2.10. The number of hydrogen-bond acceptors (Lipinski definition) is 4. The van der Waals surface area contributed by atoms with Crippen molar-refractivity contribution in [2.75, 3.05) is 18.9 Å². The highest BCUT2D eigenvalue weighted by Gasteiger charge is 2.30. The van der Waals surface area contributed by atoms with Crippen molar-refractivity contribution in [2.24, 2.45) is 5.92 Å². The van der Waals surface area contributed by atoms with E-state index >= 15 is 0 Å². The van der Waals surface area contributed by atoms with Crippen LogP contribution in [0.1, 0.15) is 38.7 Å². The number of benzene rings is 1. The first-order chi connectivity index (χ1) is 10.0. The molecule has 21 heavy (non-hydrogen) atoms. The Bertz CT molecular complexity index is 500. The fourth-order valence-electron chi connectivity index (χ4n) is 2.61. The summed E-state index contributed by atoms with van der Waals surface area (Å²) < 4.78 is 0. The van der Waals surface area contributed by atoms with Gasteiger partial charge in [0.25, 0.3) is 5.69 Å². The minimum atomic E-state index is -0.322. The van der Waals surface area contributed by atoms with Crippen molar-refractivity contribution in [3.8, 4) is 0 Å². The molecule has 5 nitrogen and oxygen atoms in total. The number of nitro benzene ring substituents is 1. The molecule has 1 atom stereocenters. The predicted octanol–water partition coefficient (Wildman–Crippen LogP) is 3.65. The van der Waals surface area contributed by atoms with Crippen molar-refractivity contribution in [1.29, 1.82) is 0 Å². The van der Waals surface area contributed by atoms with Gasteiger partial charge in [-0.15, -0.1) is 0 Å². The Labute approximate surface area is 126 Å². The van der Waals surface area contributed by atoms with E-state index in [1.54, 1.807) is 12.1 Å². The van der Waals surface area contributed by atoms with Gasteiger partial charge in [-0.2, -0.15) is 0 Å². The minimum Gasteiger partial charge on any atom is -0.385 e. The lowest BCUT2D eigenvalue weighted by Crippen LogP contribution is -2.30. The fourth-order valence-corrected chi connectivity index (χ4v) is 2.61. The van der Waals surface area contributed by atoms with Crippen LogP contribution in [0.25, 0.3) is 0 Å². The Kier molecular flexibility index (Phi) is 5.17. The second-order valence-electron chi connectivity index (χ2n) is 6.02. The fraction of sp³-hybridized carbons (Fsp3) is 0.625. The SMILES string of the molecule is CCCNc1ccc([N+](=O)[O-])cc1CN(C)C(C)C1CC1. The van der Waals surface area contributed by atoms with Gasteiger partial charge in [0.05, 0.1) is 4.92 Å². The summed E-state index contributed by atoms with van der Waals surface area (Å²) in [5, 5.41) is 14.4. The van der Waals surface area contributed by atoms with E-state index in [0.717, 1.165) is 36.7 Å². The molecule has 1 N–H and O–H groups in total. The van der Waals surface area contributed by atoms with E-state index < -0.39 is 0 Å². The molecule has 1 aromatic rings. The molecule has 1 unspecified atom stereocenters. The first-order valence-electron chi connectivity index (χ1n) is 7.74. The van der Waals surface area contributed by atoms with Gasteiger partial charge in [0, 0.05) is 37.0 Å². The molecule has 1 aliphatic rings. The summed E-state index contributed by atoms with van der Waals surface area (Å²) >= 11 is 0. The largest absolute Gasteiger partial charge is 0.385 e. The van der Waals surface area contributed by atoms with Crippen LogP contribution < -0.4 is 5.32 Å². The number of nitro groups is 1. The molecule has 0 amide bonds. The van der Waals surface area contributed by atoms with E-state index in [4.69, 9.17) is 0 Å². The van der Waals surface area contributed by atoms with Crippen LogP contribution in [0, 0.1) is 16.0 Å². The van der Waals surface area contributed by atoms with E-state index in [9.17, 15) is 10.1 Å². The molecule has 0 heterocycles. The molecular formula is C16H25N3O2. The maximum Gasteiger partial charge on any atom is 0.269 e. The lowest BCUT2D eigenvalue weighted by Gasteiger charge is -2.25. The number of hydrogen-bond donors (Lipinski definition) is 1. The van der Waals surface area contributed by atoms with E-state index in [0.29, 0.717) is 6.04 Å². The minimum absolute atomic E-state index is 0.166. The third-order valence-electron chi connectivity index (χ3n) is 4.28. The highest BCUT2D eigenvalue weighted by molar-refractivity contribution is 5.56. The highest BCUT2D eigenvalue weighted by Crippen LogP contribution is 2.35. The predicted molar refractivity (Wildman–Crippen MR) is 85.5 cm³/mol. The molecule has 2 rings (SSSR count). The Morgan fingerprint density at radius 1 is 1.48 bits per heavy atom. The first-order valence-corrected chi connectivity index (χ1v) is 7.74. The summed E-state index contributed by atoms with van der Waals surface area (Å²) in [4.78, 5) is 13.0. The van der Waals surface area contributed by atoms with Gasteiger partial charge in [0.15, 0.2) is 0 Å². The molecule has 1 saturated carbocycles. The van der Waals surface area contributed by atoms with Crippen molar-refractivity contribution in [3.05, 3.63) is 33.9 Å². The van der Waals surface area contributed by atoms with Crippen molar-refractivity contribution in [1.82, 2.24) is 4.90 Å². The highest BCUT2D eigenvalue weighted by atomic mass is 16.6. The van der Waals surface area contributed by atoms with Crippen molar-refractivity contribution < 1.29 is 4.92 Å². The summed E-state index contributed by atoms with van der Waals surface area (Å²) in [6.07, 6.45) is 3.65. The molecule has 0 radical (unpaired) electrons. The maximum atomic E-state index is 11.0. The lowest BCUT2D eigenvalue weighted by atomic mass is 10.1. The molecule has 1 aromatic carbocycles. The quantitative estimate of drug-likeness (QED) is 0.586. The van der Waals surface area contributed by atoms with Gasteiger partial charge in [0.1, 0.15) is 0 Å². The van der Waals surface area contributed by atoms with Gasteiger partial charge in [-0.05, 0) is 50.8 Å². The number of nitrogens with one attached hydrogen (secondary N) is 1. The normalized spacial score (nSPS) is 16.0. The van der Waals surface area contributed by atoms with Crippen LogP contribution >= 0.6 is 0 Å². The van der Waals surface area contributed by atoms with Crippen LogP contribution in [0.3, 0.4) is 0 Å². The molecule has 0 aliphatic heterocycles. The topological polar surface area (TPSA) is 58.4 Å². The van der Waals surface area contributed by atoms with Gasteiger partial charge < -0.3 is 5.32 Å². The standard InChI is InChI=1S/C16H25N3O2/c1-4-9-17-16-8-7-15(19(20)21)10-14(16)11-18(3)12(2)13-5-6-13/h7-8,10,12-13,17H,4-6,9,11H2,1-3H3. The van der Waals surface area contributed by atoms with E-state index in [-0.39, 0.29) is 10.6 Å². The van der Waals surface area contributed by atoms with Crippen LogP contribution in [-0.4, -0.2) is 29.5 Å². The Morgan fingerprint density at radius 3 is 2.76 bits per heavy atom. The zero-order valence-electron chi connectivity index (χ0n) is 13.1. The smallest absolute Gasteiger partial charge is 0.269 e. The van der Waals surface area contributed by atoms with Crippen molar-refractivity contribution in [2.45, 2.75) is 45.7 Å². The second-order valence-corrected chi connectivity index (χ2v) is 6.02. The molecule has 116 valence electrons. The Balaban J connectivity index is 2.15. The van der Waals surface area contributed by atoms with Gasteiger partial charge in [0.2, 0.25) is 0 Å². The van der Waals surface area contributed by atoms with E-state index in [2.05, 4.69) is 31.1 Å². The third-order valence-corrected chi connectivity index (χ3v) is 4.28. The second kappa shape index (κ2) is 6.89. The molecule has 0 bridgehead atoms. The summed E-state index contributed by atoms with van der Waals surface area (Å²) in [6, 6.07) is 5.64. The maximum absolute atomic E-state index is 11.0. The molecular weight excluding hydrogens is 266 g/mol. The van der Waals surface area contributed by atoms with E-state index in [1.165, 1.54) is 12.8 Å². The number of nitrogens with zero attached hydrogens (tertiary/aromatic N) is 2. The molecule has 0 saturated heterocycles. The summed E-state index contributed by atoms with van der Waals surface area (Å²) in [6.45, 7) is 5.98. The van der Waals surface area contributed by atoms with Crippen LogP contribution in [0.2, 0.25) is 0 Å². The molecule has 5 heteroatoms. The number of rotatable bonds is 8. The van der Waals surface area contributed by atoms with Crippen LogP contribution in [0.4, 0.5) is 11.4 Å². The third kappa shape index (κ3) is 4.17. The van der Waals surface area contributed by atoms with Gasteiger partial charge in [-0.1, -0.05) is 6.92 Å². The van der Waals surface area contributed by atoms with E-state index in [1.807, 2.05) is 6.07 Å². The van der Waals surface area contributed by atoms with Gasteiger partial charge in [-0.3, -0.25) is 15.0 Å². The molecule has 0 spiro atoms. The zero-order chi connectivity index (χ0) is 15.4. The average Bonchev–Trinajstić information content (AvgIpc) is 3.29. The Hall–Kier alpha value is -1.62. The first kappa shape index (κ1) is 15.8. The lowest BCUT2D eigenvalue weighted by molar-refractivity contribution is -0.384.